The van der Waals surface area contributed by atoms with Gasteiger partial charge in [-0.25, -0.2) is 0 Å². The molecule has 0 atom stereocenters. The van der Waals surface area contributed by atoms with Gasteiger partial charge in [0.15, 0.2) is 0 Å². The van der Waals surface area contributed by atoms with Gasteiger partial charge in [0.05, 0.1) is 12.4 Å². The first-order chi connectivity index (χ1) is 7.91. The minimum atomic E-state index is -0.315. The summed E-state index contributed by atoms with van der Waals surface area (Å²) in [6.07, 6.45) is 4.36. The Morgan fingerprint density at radius 1 is 1.12 bits per heavy atom. The molecule has 0 aromatic carbocycles. The largest absolute Gasteiger partial charge is 0.463 e. The third-order valence-corrected chi connectivity index (χ3v) is 2.00. The molecular formula is C13H22O4. The highest BCUT2D eigenvalue weighted by Crippen LogP contribution is 2.09. The molecule has 0 aromatic heterocycles. The van der Waals surface area contributed by atoms with Gasteiger partial charge in [-0.3, -0.25) is 9.59 Å². The zero-order chi connectivity index (χ0) is 13.3. The van der Waals surface area contributed by atoms with Crippen LogP contribution in [0.3, 0.4) is 0 Å². The Bertz CT molecular complexity index is 279. The molecule has 0 saturated heterocycles. The first-order valence-electron chi connectivity index (χ1n) is 5.94. The maximum absolute atomic E-state index is 11.2. The minimum Gasteiger partial charge on any atom is -0.463 e. The summed E-state index contributed by atoms with van der Waals surface area (Å²) in [5.74, 6) is -0.466. The van der Waals surface area contributed by atoms with E-state index in [0.29, 0.717) is 6.42 Å². The van der Waals surface area contributed by atoms with Crippen LogP contribution in [0.5, 0.6) is 0 Å². The van der Waals surface area contributed by atoms with Crippen LogP contribution in [0.2, 0.25) is 0 Å². The summed E-state index contributed by atoms with van der Waals surface area (Å²) in [6.45, 7) is 6.94. The predicted molar refractivity (Wildman–Crippen MR) is 65.2 cm³/mol. The van der Waals surface area contributed by atoms with Crippen LogP contribution in [-0.2, 0) is 19.1 Å². The number of allylic oxidation sites excluding steroid dienone is 1. The van der Waals surface area contributed by atoms with Gasteiger partial charge in [-0.15, -0.1) is 0 Å². The van der Waals surface area contributed by atoms with Crippen molar-refractivity contribution < 1.29 is 19.1 Å². The molecule has 0 saturated carbocycles. The van der Waals surface area contributed by atoms with Crippen LogP contribution in [0.1, 0.15) is 53.4 Å². The van der Waals surface area contributed by atoms with Crippen molar-refractivity contribution in [3.63, 3.8) is 0 Å². The van der Waals surface area contributed by atoms with E-state index in [1.165, 1.54) is 13.2 Å². The van der Waals surface area contributed by atoms with Crippen LogP contribution in [0, 0.1) is 0 Å². The molecule has 98 valence electrons. The second kappa shape index (κ2) is 8.79. The van der Waals surface area contributed by atoms with E-state index in [4.69, 9.17) is 9.47 Å². The van der Waals surface area contributed by atoms with Gasteiger partial charge in [0, 0.05) is 13.3 Å². The van der Waals surface area contributed by atoms with Crippen molar-refractivity contribution in [2.45, 2.75) is 59.5 Å². The average Bonchev–Trinajstić information content (AvgIpc) is 2.20. The van der Waals surface area contributed by atoms with Crippen molar-refractivity contribution in [2.75, 3.05) is 0 Å². The highest BCUT2D eigenvalue weighted by molar-refractivity contribution is 5.69. The lowest BCUT2D eigenvalue weighted by atomic mass is 10.1. The Morgan fingerprint density at radius 3 is 2.24 bits per heavy atom. The molecular weight excluding hydrogens is 220 g/mol. The Kier molecular flexibility index (Phi) is 8.11. The van der Waals surface area contributed by atoms with Gasteiger partial charge in [0.1, 0.15) is 0 Å². The van der Waals surface area contributed by atoms with Crippen LogP contribution < -0.4 is 0 Å². The standard InChI is InChI=1S/C13H22O4/c1-10(2)17-13(15)8-6-5-7-11(3)9-16-12(4)14/h9-10H,5-8H2,1-4H3/b11-9+. The van der Waals surface area contributed by atoms with Gasteiger partial charge in [-0.2, -0.15) is 0 Å². The van der Waals surface area contributed by atoms with Crippen LogP contribution in [-0.4, -0.2) is 18.0 Å². The summed E-state index contributed by atoms with van der Waals surface area (Å²) in [6, 6.07) is 0. The van der Waals surface area contributed by atoms with Crippen molar-refractivity contribution in [3.05, 3.63) is 11.8 Å². The molecule has 0 amide bonds. The summed E-state index contributed by atoms with van der Waals surface area (Å²) >= 11 is 0. The van der Waals surface area contributed by atoms with E-state index in [1.807, 2.05) is 20.8 Å². The molecule has 4 nitrogen and oxygen atoms in total. The van der Waals surface area contributed by atoms with Gasteiger partial charge in [0.2, 0.25) is 0 Å². The lowest BCUT2D eigenvalue weighted by Crippen LogP contribution is -2.10. The number of hydrogen-bond donors (Lipinski definition) is 0. The number of hydrogen-bond acceptors (Lipinski definition) is 4. The van der Waals surface area contributed by atoms with Crippen LogP contribution in [0.15, 0.2) is 11.8 Å². The lowest BCUT2D eigenvalue weighted by molar-refractivity contribution is -0.147. The van der Waals surface area contributed by atoms with Crippen LogP contribution in [0.25, 0.3) is 0 Å². The fourth-order valence-electron chi connectivity index (χ4n) is 1.24. The van der Waals surface area contributed by atoms with Gasteiger partial charge >= 0.3 is 11.9 Å². The molecule has 0 aliphatic rings. The maximum Gasteiger partial charge on any atom is 0.307 e. The molecule has 0 rings (SSSR count). The molecule has 0 aliphatic carbocycles. The van der Waals surface area contributed by atoms with E-state index in [-0.39, 0.29) is 18.0 Å². The highest BCUT2D eigenvalue weighted by Gasteiger charge is 2.04. The second-order valence-corrected chi connectivity index (χ2v) is 4.32. The predicted octanol–water partition coefficient (Wildman–Crippen LogP) is 2.97. The normalized spacial score (nSPS) is 11.5. The zero-order valence-electron chi connectivity index (χ0n) is 11.1. The summed E-state index contributed by atoms with van der Waals surface area (Å²) in [5.41, 5.74) is 0.998. The Morgan fingerprint density at radius 2 is 1.71 bits per heavy atom. The topological polar surface area (TPSA) is 52.6 Å². The average molecular weight is 242 g/mol. The van der Waals surface area contributed by atoms with Gasteiger partial charge < -0.3 is 9.47 Å². The smallest absolute Gasteiger partial charge is 0.307 e. The molecule has 0 spiro atoms. The number of esters is 2. The Balaban J connectivity index is 3.60. The molecule has 0 unspecified atom stereocenters. The number of ether oxygens (including phenoxy) is 2. The highest BCUT2D eigenvalue weighted by atomic mass is 16.5. The summed E-state index contributed by atoms with van der Waals surface area (Å²) < 4.78 is 9.76. The Labute approximate surface area is 103 Å². The van der Waals surface area contributed by atoms with E-state index in [0.717, 1.165) is 24.8 Å². The summed E-state index contributed by atoms with van der Waals surface area (Å²) in [7, 11) is 0. The first kappa shape index (κ1) is 15.7. The maximum atomic E-state index is 11.2. The molecule has 0 N–H and O–H groups in total. The van der Waals surface area contributed by atoms with Crippen LogP contribution in [0.4, 0.5) is 0 Å². The van der Waals surface area contributed by atoms with E-state index in [9.17, 15) is 9.59 Å². The fourth-order valence-corrected chi connectivity index (χ4v) is 1.24. The van der Waals surface area contributed by atoms with Crippen molar-refractivity contribution in [1.29, 1.82) is 0 Å². The summed E-state index contributed by atoms with van der Waals surface area (Å²) in [5, 5.41) is 0. The SMILES string of the molecule is CC(=O)O/C=C(\C)CCCCC(=O)OC(C)C. The Hall–Kier alpha value is -1.32. The van der Waals surface area contributed by atoms with E-state index in [2.05, 4.69) is 0 Å². The monoisotopic (exact) mass is 242 g/mol. The third kappa shape index (κ3) is 11.0. The first-order valence-corrected chi connectivity index (χ1v) is 5.94. The molecule has 0 aliphatic heterocycles. The quantitative estimate of drug-likeness (QED) is 0.391. The number of rotatable bonds is 7. The summed E-state index contributed by atoms with van der Waals surface area (Å²) in [4.78, 5) is 21.7. The molecule has 0 heterocycles. The molecule has 17 heavy (non-hydrogen) atoms. The van der Waals surface area contributed by atoms with Gasteiger partial charge in [0.25, 0.3) is 0 Å². The number of unbranched alkanes of at least 4 members (excludes halogenated alkanes) is 1. The second-order valence-electron chi connectivity index (χ2n) is 4.32. The third-order valence-electron chi connectivity index (χ3n) is 2.00. The minimum absolute atomic E-state index is 0.0481. The van der Waals surface area contributed by atoms with Crippen molar-refractivity contribution in [2.24, 2.45) is 0 Å². The van der Waals surface area contributed by atoms with Crippen molar-refractivity contribution >= 4 is 11.9 Å². The van der Waals surface area contributed by atoms with Crippen molar-refractivity contribution in [1.82, 2.24) is 0 Å². The molecule has 0 fully saturated rings. The molecule has 0 aromatic rings. The van der Waals surface area contributed by atoms with E-state index in [1.54, 1.807) is 0 Å². The van der Waals surface area contributed by atoms with Gasteiger partial charge in [-0.05, 0) is 45.6 Å². The van der Waals surface area contributed by atoms with E-state index >= 15 is 0 Å². The van der Waals surface area contributed by atoms with Crippen LogP contribution >= 0.6 is 0 Å². The fraction of sp³-hybridized carbons (Fsp3) is 0.692. The number of carbonyl (C=O) groups excluding carboxylic acids is 2. The number of carbonyl (C=O) groups is 2. The van der Waals surface area contributed by atoms with Gasteiger partial charge in [-0.1, -0.05) is 0 Å². The lowest BCUT2D eigenvalue weighted by Gasteiger charge is -2.07. The molecule has 0 bridgehead atoms. The van der Waals surface area contributed by atoms with Crippen molar-refractivity contribution in [3.8, 4) is 0 Å². The molecule has 0 radical (unpaired) electrons. The van der Waals surface area contributed by atoms with E-state index < -0.39 is 0 Å². The zero-order valence-corrected chi connectivity index (χ0v) is 11.1. The molecule has 4 heteroatoms.